The fraction of sp³-hybridized carbons (Fsp3) is 0.429. The summed E-state index contributed by atoms with van der Waals surface area (Å²) in [6.07, 6.45) is 1.93. The maximum Gasteiger partial charge on any atom is 0.131 e. The summed E-state index contributed by atoms with van der Waals surface area (Å²) < 4.78 is 0. The van der Waals surface area contributed by atoms with Crippen LogP contribution in [0.2, 0.25) is 0 Å². The molecule has 2 aromatic rings. The molecule has 0 spiro atoms. The van der Waals surface area contributed by atoms with E-state index in [1.807, 2.05) is 6.20 Å². The van der Waals surface area contributed by atoms with E-state index in [1.165, 1.54) is 5.56 Å². The van der Waals surface area contributed by atoms with Gasteiger partial charge in [0.25, 0.3) is 0 Å². The van der Waals surface area contributed by atoms with Crippen LogP contribution in [0.25, 0.3) is 10.9 Å². The first-order valence-electron chi connectivity index (χ1n) is 5.84. The number of nitrogens with zero attached hydrogens (tertiary/aromatic N) is 2. The Morgan fingerprint density at radius 1 is 1.00 bits per heavy atom. The fourth-order valence-corrected chi connectivity index (χ4v) is 1.70. The molecule has 0 saturated carbocycles. The van der Waals surface area contributed by atoms with Gasteiger partial charge in [-0.15, -0.1) is 0 Å². The zero-order chi connectivity index (χ0) is 11.7. The second kappa shape index (κ2) is 4.20. The number of benzene rings is 1. The molecule has 84 valence electrons. The van der Waals surface area contributed by atoms with E-state index >= 15 is 0 Å². The van der Waals surface area contributed by atoms with Gasteiger partial charge in [0.15, 0.2) is 0 Å². The van der Waals surface area contributed by atoms with Gasteiger partial charge < -0.3 is 0 Å². The number of fused-ring (bicyclic) bond motifs is 1. The summed E-state index contributed by atoms with van der Waals surface area (Å²) in [5.74, 6) is 1.85. The van der Waals surface area contributed by atoms with Gasteiger partial charge in [-0.05, 0) is 23.6 Å². The van der Waals surface area contributed by atoms with Crippen molar-refractivity contribution in [2.75, 3.05) is 0 Å². The molecule has 2 heteroatoms. The van der Waals surface area contributed by atoms with Crippen LogP contribution >= 0.6 is 0 Å². The molecule has 0 radical (unpaired) electrons. The Labute approximate surface area is 96.7 Å². The van der Waals surface area contributed by atoms with Gasteiger partial charge in [0, 0.05) is 17.5 Å². The Bertz CT molecular complexity index is 454. The monoisotopic (exact) mass is 214 g/mol. The summed E-state index contributed by atoms with van der Waals surface area (Å²) in [5.41, 5.74) is 2.39. The van der Waals surface area contributed by atoms with Crippen LogP contribution in [0.15, 0.2) is 24.4 Å². The third kappa shape index (κ3) is 2.06. The van der Waals surface area contributed by atoms with Crippen molar-refractivity contribution in [1.82, 2.24) is 9.97 Å². The zero-order valence-electron chi connectivity index (χ0n) is 10.4. The zero-order valence-corrected chi connectivity index (χ0v) is 10.4. The highest BCUT2D eigenvalue weighted by molar-refractivity contribution is 5.78. The van der Waals surface area contributed by atoms with Crippen molar-refractivity contribution < 1.29 is 0 Å². The molecule has 2 nitrogen and oxygen atoms in total. The molecular weight excluding hydrogens is 196 g/mol. The summed E-state index contributed by atoms with van der Waals surface area (Å²) in [6.45, 7) is 8.63. The number of hydrogen-bond acceptors (Lipinski definition) is 2. The van der Waals surface area contributed by atoms with Crippen LogP contribution in [-0.4, -0.2) is 9.97 Å². The SMILES string of the molecule is CC(C)c1ccc2nc(C(C)C)ncc2c1. The smallest absolute Gasteiger partial charge is 0.131 e. The van der Waals surface area contributed by atoms with Gasteiger partial charge in [0.2, 0.25) is 0 Å². The third-order valence-electron chi connectivity index (χ3n) is 2.81. The second-order valence-corrected chi connectivity index (χ2v) is 4.86. The largest absolute Gasteiger partial charge is 0.240 e. The molecule has 0 N–H and O–H groups in total. The predicted molar refractivity (Wildman–Crippen MR) is 67.7 cm³/mol. The van der Waals surface area contributed by atoms with E-state index in [1.54, 1.807) is 0 Å². The molecule has 2 rings (SSSR count). The van der Waals surface area contributed by atoms with Crippen LogP contribution < -0.4 is 0 Å². The molecule has 1 heterocycles. The molecule has 0 bridgehead atoms. The Balaban J connectivity index is 2.53. The van der Waals surface area contributed by atoms with E-state index in [2.05, 4.69) is 55.9 Å². The van der Waals surface area contributed by atoms with Crippen LogP contribution in [0.4, 0.5) is 0 Å². The van der Waals surface area contributed by atoms with Crippen molar-refractivity contribution in [3.05, 3.63) is 35.8 Å². The van der Waals surface area contributed by atoms with E-state index < -0.39 is 0 Å². The maximum atomic E-state index is 4.56. The van der Waals surface area contributed by atoms with Gasteiger partial charge in [-0.25, -0.2) is 9.97 Å². The van der Waals surface area contributed by atoms with E-state index in [0.717, 1.165) is 16.7 Å². The van der Waals surface area contributed by atoms with Crippen molar-refractivity contribution in [3.8, 4) is 0 Å². The maximum absolute atomic E-state index is 4.56. The summed E-state index contributed by atoms with van der Waals surface area (Å²) in [7, 11) is 0. The summed E-state index contributed by atoms with van der Waals surface area (Å²) in [5, 5.41) is 1.13. The third-order valence-corrected chi connectivity index (χ3v) is 2.81. The topological polar surface area (TPSA) is 25.8 Å². The molecule has 0 amide bonds. The Morgan fingerprint density at radius 3 is 2.38 bits per heavy atom. The predicted octanol–water partition coefficient (Wildman–Crippen LogP) is 3.88. The normalized spacial score (nSPS) is 11.6. The fourth-order valence-electron chi connectivity index (χ4n) is 1.70. The Morgan fingerprint density at radius 2 is 1.75 bits per heavy atom. The lowest BCUT2D eigenvalue weighted by Crippen LogP contribution is -1.97. The van der Waals surface area contributed by atoms with E-state index in [9.17, 15) is 0 Å². The average Bonchev–Trinajstić information content (AvgIpc) is 2.27. The van der Waals surface area contributed by atoms with Gasteiger partial charge >= 0.3 is 0 Å². The van der Waals surface area contributed by atoms with E-state index in [0.29, 0.717) is 11.8 Å². The molecule has 1 aromatic carbocycles. The van der Waals surface area contributed by atoms with Crippen molar-refractivity contribution in [2.45, 2.75) is 39.5 Å². The minimum Gasteiger partial charge on any atom is -0.240 e. The molecule has 0 aliphatic heterocycles. The minimum atomic E-state index is 0.383. The van der Waals surface area contributed by atoms with Crippen LogP contribution in [0.5, 0.6) is 0 Å². The number of aromatic nitrogens is 2. The van der Waals surface area contributed by atoms with Crippen molar-refractivity contribution >= 4 is 10.9 Å². The first-order chi connectivity index (χ1) is 7.58. The van der Waals surface area contributed by atoms with Gasteiger partial charge in [0.1, 0.15) is 5.82 Å². The average molecular weight is 214 g/mol. The van der Waals surface area contributed by atoms with Gasteiger partial charge in [-0.3, -0.25) is 0 Å². The highest BCUT2D eigenvalue weighted by atomic mass is 14.9. The number of rotatable bonds is 2. The molecule has 0 unspecified atom stereocenters. The quantitative estimate of drug-likeness (QED) is 0.758. The lowest BCUT2D eigenvalue weighted by Gasteiger charge is -2.08. The van der Waals surface area contributed by atoms with Crippen LogP contribution in [0, 0.1) is 0 Å². The van der Waals surface area contributed by atoms with Gasteiger partial charge in [0.05, 0.1) is 5.52 Å². The standard InChI is InChI=1S/C14H18N2/c1-9(2)11-5-6-13-12(7-11)8-15-14(16-13)10(3)4/h5-10H,1-4H3. The lowest BCUT2D eigenvalue weighted by molar-refractivity contribution is 0.782. The molecular formula is C14H18N2. The van der Waals surface area contributed by atoms with E-state index in [-0.39, 0.29) is 0 Å². The van der Waals surface area contributed by atoms with Crippen LogP contribution in [0.3, 0.4) is 0 Å². The molecule has 0 fully saturated rings. The molecule has 1 aromatic heterocycles. The summed E-state index contributed by atoms with van der Waals surface area (Å²) >= 11 is 0. The molecule has 0 aliphatic rings. The second-order valence-electron chi connectivity index (χ2n) is 4.86. The van der Waals surface area contributed by atoms with Gasteiger partial charge in [-0.1, -0.05) is 33.8 Å². The van der Waals surface area contributed by atoms with Crippen molar-refractivity contribution in [2.24, 2.45) is 0 Å². The minimum absolute atomic E-state index is 0.383. The van der Waals surface area contributed by atoms with Crippen LogP contribution in [-0.2, 0) is 0 Å². The lowest BCUT2D eigenvalue weighted by atomic mass is 10.0. The molecule has 16 heavy (non-hydrogen) atoms. The summed E-state index contributed by atoms with van der Waals surface area (Å²) in [4.78, 5) is 8.96. The summed E-state index contributed by atoms with van der Waals surface area (Å²) in [6, 6.07) is 6.44. The number of hydrogen-bond donors (Lipinski definition) is 0. The van der Waals surface area contributed by atoms with Crippen molar-refractivity contribution in [1.29, 1.82) is 0 Å². The first kappa shape index (κ1) is 11.1. The molecule has 0 saturated heterocycles. The van der Waals surface area contributed by atoms with Crippen molar-refractivity contribution in [3.63, 3.8) is 0 Å². The van der Waals surface area contributed by atoms with E-state index in [4.69, 9.17) is 0 Å². The highest BCUT2D eigenvalue weighted by Gasteiger charge is 2.05. The first-order valence-corrected chi connectivity index (χ1v) is 5.84. The van der Waals surface area contributed by atoms with Crippen LogP contribution in [0.1, 0.15) is 50.9 Å². The molecule has 0 aliphatic carbocycles. The molecule has 0 atom stereocenters. The van der Waals surface area contributed by atoms with Gasteiger partial charge in [-0.2, -0.15) is 0 Å². The Hall–Kier alpha value is -1.44. The Kier molecular flexibility index (Phi) is 2.90. The highest BCUT2D eigenvalue weighted by Crippen LogP contribution is 2.21.